The Balaban J connectivity index is 2.64. The van der Waals surface area contributed by atoms with Crippen LogP contribution in [0.25, 0.3) is 0 Å². The Morgan fingerprint density at radius 3 is 2.50 bits per heavy atom. The predicted molar refractivity (Wildman–Crippen MR) is 66.9 cm³/mol. The lowest BCUT2D eigenvalue weighted by Gasteiger charge is -2.28. The third-order valence-electron chi connectivity index (χ3n) is 3.21. The van der Waals surface area contributed by atoms with Crippen LogP contribution in [0.1, 0.15) is 38.8 Å². The Hall–Kier alpha value is -0.890. The number of hydrogen-bond acceptors (Lipinski definition) is 1. The number of rotatable bonds is 3. The molecule has 0 aromatic heterocycles. The van der Waals surface area contributed by atoms with E-state index in [9.17, 15) is 4.39 Å². The van der Waals surface area contributed by atoms with Crippen molar-refractivity contribution in [2.45, 2.75) is 47.2 Å². The van der Waals surface area contributed by atoms with Crippen LogP contribution in [0.4, 0.5) is 4.39 Å². The van der Waals surface area contributed by atoms with Crippen LogP contribution in [0.5, 0.6) is 0 Å². The van der Waals surface area contributed by atoms with Gasteiger partial charge in [0.15, 0.2) is 0 Å². The second-order valence-corrected chi connectivity index (χ2v) is 5.54. The molecule has 0 radical (unpaired) electrons. The molecule has 1 aromatic carbocycles. The Kier molecular flexibility index (Phi) is 4.09. The van der Waals surface area contributed by atoms with Gasteiger partial charge in [-0.2, -0.15) is 0 Å². The van der Waals surface area contributed by atoms with Crippen LogP contribution < -0.4 is 5.32 Å². The minimum atomic E-state index is -0.161. The van der Waals surface area contributed by atoms with Crippen molar-refractivity contribution in [2.75, 3.05) is 0 Å². The minimum absolute atomic E-state index is 0.161. The fraction of sp³-hybridized carbons (Fsp3) is 0.571. The summed E-state index contributed by atoms with van der Waals surface area (Å²) in [4.78, 5) is 0. The summed E-state index contributed by atoms with van der Waals surface area (Å²) in [7, 11) is 0. The number of nitrogens with one attached hydrogen (secondary N) is 1. The molecule has 0 spiro atoms. The average Bonchev–Trinajstić information content (AvgIpc) is 2.17. The van der Waals surface area contributed by atoms with Gasteiger partial charge in [0.05, 0.1) is 0 Å². The van der Waals surface area contributed by atoms with Gasteiger partial charge in [0.25, 0.3) is 0 Å². The van der Waals surface area contributed by atoms with Gasteiger partial charge < -0.3 is 5.32 Å². The van der Waals surface area contributed by atoms with Gasteiger partial charge in [-0.15, -0.1) is 0 Å². The zero-order chi connectivity index (χ0) is 12.3. The molecule has 1 rings (SSSR count). The SMILES string of the molecule is Cc1ccc(F)cc1CNC(C)C(C)(C)C. The molecule has 90 valence electrons. The van der Waals surface area contributed by atoms with Crippen LogP contribution in [-0.2, 0) is 6.54 Å². The lowest BCUT2D eigenvalue weighted by atomic mass is 9.88. The van der Waals surface area contributed by atoms with Crippen molar-refractivity contribution in [3.63, 3.8) is 0 Å². The molecule has 0 saturated carbocycles. The molecule has 0 fully saturated rings. The highest BCUT2D eigenvalue weighted by atomic mass is 19.1. The van der Waals surface area contributed by atoms with Crippen LogP contribution in [0.2, 0.25) is 0 Å². The highest BCUT2D eigenvalue weighted by Crippen LogP contribution is 2.19. The van der Waals surface area contributed by atoms with Gasteiger partial charge in [-0.25, -0.2) is 4.39 Å². The maximum absolute atomic E-state index is 13.1. The minimum Gasteiger partial charge on any atom is -0.310 e. The third-order valence-corrected chi connectivity index (χ3v) is 3.21. The largest absolute Gasteiger partial charge is 0.310 e. The zero-order valence-electron chi connectivity index (χ0n) is 10.9. The summed E-state index contributed by atoms with van der Waals surface area (Å²) < 4.78 is 13.1. The van der Waals surface area contributed by atoms with Crippen molar-refractivity contribution in [1.82, 2.24) is 5.32 Å². The highest BCUT2D eigenvalue weighted by molar-refractivity contribution is 5.26. The van der Waals surface area contributed by atoms with Crippen molar-refractivity contribution in [3.8, 4) is 0 Å². The zero-order valence-corrected chi connectivity index (χ0v) is 10.9. The van der Waals surface area contributed by atoms with Crippen LogP contribution in [0.3, 0.4) is 0 Å². The topological polar surface area (TPSA) is 12.0 Å². The van der Waals surface area contributed by atoms with E-state index >= 15 is 0 Å². The summed E-state index contributed by atoms with van der Waals surface area (Å²) in [6.07, 6.45) is 0. The third kappa shape index (κ3) is 3.60. The first kappa shape index (κ1) is 13.2. The van der Waals surface area contributed by atoms with Crippen LogP contribution >= 0.6 is 0 Å². The predicted octanol–water partition coefficient (Wildman–Crippen LogP) is 3.66. The summed E-state index contributed by atoms with van der Waals surface area (Å²) in [5.41, 5.74) is 2.40. The van der Waals surface area contributed by atoms with E-state index in [1.165, 1.54) is 6.07 Å². The quantitative estimate of drug-likeness (QED) is 0.824. The monoisotopic (exact) mass is 223 g/mol. The van der Waals surface area contributed by atoms with E-state index in [4.69, 9.17) is 0 Å². The molecule has 2 heteroatoms. The van der Waals surface area contributed by atoms with Crippen molar-refractivity contribution >= 4 is 0 Å². The molecule has 0 amide bonds. The van der Waals surface area contributed by atoms with Gasteiger partial charge >= 0.3 is 0 Å². The molecule has 0 saturated heterocycles. The van der Waals surface area contributed by atoms with E-state index in [1.54, 1.807) is 6.07 Å². The van der Waals surface area contributed by atoms with Crippen LogP contribution in [0, 0.1) is 18.2 Å². The summed E-state index contributed by atoms with van der Waals surface area (Å²) in [6, 6.07) is 5.34. The van der Waals surface area contributed by atoms with Gasteiger partial charge in [0.1, 0.15) is 5.82 Å². The molecule has 0 aliphatic heterocycles. The normalized spacial score (nSPS) is 13.9. The van der Waals surface area contributed by atoms with E-state index in [2.05, 4.69) is 33.0 Å². The van der Waals surface area contributed by atoms with E-state index < -0.39 is 0 Å². The molecule has 16 heavy (non-hydrogen) atoms. The first-order valence-electron chi connectivity index (χ1n) is 5.79. The maximum atomic E-state index is 13.1. The van der Waals surface area contributed by atoms with Gasteiger partial charge in [0, 0.05) is 12.6 Å². The fourth-order valence-electron chi connectivity index (χ4n) is 1.40. The first-order chi connectivity index (χ1) is 7.30. The molecular weight excluding hydrogens is 201 g/mol. The molecule has 0 aliphatic carbocycles. The summed E-state index contributed by atoms with van der Waals surface area (Å²) in [5.74, 6) is -0.161. The van der Waals surface area contributed by atoms with Crippen molar-refractivity contribution in [3.05, 3.63) is 35.1 Å². The van der Waals surface area contributed by atoms with Crippen molar-refractivity contribution in [2.24, 2.45) is 5.41 Å². The van der Waals surface area contributed by atoms with Crippen LogP contribution in [-0.4, -0.2) is 6.04 Å². The Labute approximate surface area is 98.1 Å². The van der Waals surface area contributed by atoms with E-state index in [0.29, 0.717) is 6.04 Å². The van der Waals surface area contributed by atoms with E-state index in [0.717, 1.165) is 17.7 Å². The number of benzene rings is 1. The Morgan fingerprint density at radius 1 is 1.31 bits per heavy atom. The molecule has 0 heterocycles. The second kappa shape index (κ2) is 4.96. The molecular formula is C14H22FN. The Morgan fingerprint density at radius 2 is 1.94 bits per heavy atom. The van der Waals surface area contributed by atoms with Gasteiger partial charge in [-0.05, 0) is 42.5 Å². The summed E-state index contributed by atoms with van der Waals surface area (Å²) in [6.45, 7) is 11.5. The summed E-state index contributed by atoms with van der Waals surface area (Å²) >= 11 is 0. The standard InChI is InChI=1S/C14H22FN/c1-10-6-7-13(15)8-12(10)9-16-11(2)14(3,4)5/h6-8,11,16H,9H2,1-5H3. The molecule has 0 bridgehead atoms. The van der Waals surface area contributed by atoms with E-state index in [1.807, 2.05) is 13.0 Å². The maximum Gasteiger partial charge on any atom is 0.123 e. The van der Waals surface area contributed by atoms with Crippen molar-refractivity contribution < 1.29 is 4.39 Å². The molecule has 1 N–H and O–H groups in total. The number of halogens is 1. The van der Waals surface area contributed by atoms with Gasteiger partial charge in [0.2, 0.25) is 0 Å². The van der Waals surface area contributed by atoms with Gasteiger partial charge in [-0.1, -0.05) is 26.8 Å². The van der Waals surface area contributed by atoms with Crippen molar-refractivity contribution in [1.29, 1.82) is 0 Å². The van der Waals surface area contributed by atoms with Gasteiger partial charge in [-0.3, -0.25) is 0 Å². The lowest BCUT2D eigenvalue weighted by Crippen LogP contribution is -2.37. The lowest BCUT2D eigenvalue weighted by molar-refractivity contribution is 0.285. The highest BCUT2D eigenvalue weighted by Gasteiger charge is 2.19. The average molecular weight is 223 g/mol. The first-order valence-corrected chi connectivity index (χ1v) is 5.79. The van der Waals surface area contributed by atoms with Crippen LogP contribution in [0.15, 0.2) is 18.2 Å². The smallest absolute Gasteiger partial charge is 0.123 e. The molecule has 1 unspecified atom stereocenters. The second-order valence-electron chi connectivity index (χ2n) is 5.54. The number of hydrogen-bond donors (Lipinski definition) is 1. The summed E-state index contributed by atoms with van der Waals surface area (Å²) in [5, 5.41) is 3.44. The Bertz CT molecular complexity index is 352. The van der Waals surface area contributed by atoms with E-state index in [-0.39, 0.29) is 11.2 Å². The fourth-order valence-corrected chi connectivity index (χ4v) is 1.40. The molecule has 0 aliphatic rings. The molecule has 1 aromatic rings. The number of aryl methyl sites for hydroxylation is 1. The molecule has 1 atom stereocenters. The molecule has 1 nitrogen and oxygen atoms in total.